The standard InChI is InChI=1S/C14H15ClN2O2S/c1-9-12(17-14(15)20-9)13(18)16-8-7-10-5-3-4-6-11(10)19-2/h3-6H,7-8H2,1-2H3,(H,16,18). The van der Waals surface area contributed by atoms with E-state index in [1.807, 2.05) is 31.2 Å². The molecule has 1 amide bonds. The number of aryl methyl sites for hydroxylation is 1. The highest BCUT2D eigenvalue weighted by Gasteiger charge is 2.14. The van der Waals surface area contributed by atoms with Crippen LogP contribution in [0.5, 0.6) is 5.75 Å². The topological polar surface area (TPSA) is 51.2 Å². The van der Waals surface area contributed by atoms with Crippen LogP contribution in [0.25, 0.3) is 0 Å². The van der Waals surface area contributed by atoms with Crippen molar-refractivity contribution >= 4 is 28.8 Å². The minimum absolute atomic E-state index is 0.194. The molecule has 1 heterocycles. The van der Waals surface area contributed by atoms with Gasteiger partial charge in [0.05, 0.1) is 7.11 Å². The molecule has 0 saturated heterocycles. The molecule has 2 rings (SSSR count). The molecule has 1 aromatic carbocycles. The summed E-state index contributed by atoms with van der Waals surface area (Å²) in [4.78, 5) is 16.8. The summed E-state index contributed by atoms with van der Waals surface area (Å²) in [5, 5.41) is 2.84. The molecule has 0 unspecified atom stereocenters. The molecule has 0 fully saturated rings. The first kappa shape index (κ1) is 14.8. The summed E-state index contributed by atoms with van der Waals surface area (Å²) in [7, 11) is 1.64. The van der Waals surface area contributed by atoms with Crippen LogP contribution < -0.4 is 10.1 Å². The van der Waals surface area contributed by atoms with Gasteiger partial charge in [0.1, 0.15) is 11.4 Å². The van der Waals surface area contributed by atoms with Gasteiger partial charge in [-0.25, -0.2) is 4.98 Å². The molecule has 1 aromatic heterocycles. The van der Waals surface area contributed by atoms with Gasteiger partial charge in [-0.05, 0) is 25.0 Å². The number of carbonyl (C=O) groups is 1. The normalized spacial score (nSPS) is 10.3. The van der Waals surface area contributed by atoms with Crippen LogP contribution in [0.3, 0.4) is 0 Å². The van der Waals surface area contributed by atoms with E-state index in [1.165, 1.54) is 11.3 Å². The second-order valence-electron chi connectivity index (χ2n) is 4.19. The van der Waals surface area contributed by atoms with Crippen molar-refractivity contribution in [3.8, 4) is 5.75 Å². The third-order valence-corrected chi connectivity index (χ3v) is 3.93. The summed E-state index contributed by atoms with van der Waals surface area (Å²) in [6.07, 6.45) is 0.701. The third kappa shape index (κ3) is 3.49. The number of para-hydroxylation sites is 1. The van der Waals surface area contributed by atoms with Gasteiger partial charge in [0.15, 0.2) is 4.47 Å². The fourth-order valence-corrected chi connectivity index (χ4v) is 2.93. The summed E-state index contributed by atoms with van der Waals surface area (Å²) >= 11 is 7.10. The lowest BCUT2D eigenvalue weighted by molar-refractivity contribution is 0.0949. The summed E-state index contributed by atoms with van der Waals surface area (Å²) in [6.45, 7) is 2.35. The number of thiazole rings is 1. The Morgan fingerprint density at radius 2 is 2.20 bits per heavy atom. The van der Waals surface area contributed by atoms with E-state index in [1.54, 1.807) is 7.11 Å². The van der Waals surface area contributed by atoms with E-state index in [0.29, 0.717) is 23.1 Å². The average molecular weight is 311 g/mol. The van der Waals surface area contributed by atoms with Gasteiger partial charge in [0, 0.05) is 11.4 Å². The van der Waals surface area contributed by atoms with E-state index in [4.69, 9.17) is 16.3 Å². The number of methoxy groups -OCH3 is 1. The van der Waals surface area contributed by atoms with Gasteiger partial charge >= 0.3 is 0 Å². The number of ether oxygens (including phenoxy) is 1. The molecule has 4 nitrogen and oxygen atoms in total. The van der Waals surface area contributed by atoms with Crippen LogP contribution >= 0.6 is 22.9 Å². The first-order chi connectivity index (χ1) is 9.61. The number of nitrogens with zero attached hydrogens (tertiary/aromatic N) is 1. The number of hydrogen-bond donors (Lipinski definition) is 1. The highest BCUT2D eigenvalue weighted by atomic mass is 35.5. The molecule has 0 atom stereocenters. The highest BCUT2D eigenvalue weighted by molar-refractivity contribution is 7.15. The van der Waals surface area contributed by atoms with Crippen molar-refractivity contribution in [2.45, 2.75) is 13.3 Å². The van der Waals surface area contributed by atoms with E-state index in [2.05, 4.69) is 10.3 Å². The minimum atomic E-state index is -0.194. The fourth-order valence-electron chi connectivity index (χ4n) is 1.88. The average Bonchev–Trinajstić information content (AvgIpc) is 2.78. The second kappa shape index (κ2) is 6.72. The predicted octanol–water partition coefficient (Wildman–Crippen LogP) is 3.09. The predicted molar refractivity (Wildman–Crippen MR) is 80.9 cm³/mol. The number of nitrogens with one attached hydrogen (secondary N) is 1. The van der Waals surface area contributed by atoms with E-state index >= 15 is 0 Å². The van der Waals surface area contributed by atoms with Crippen molar-refractivity contribution < 1.29 is 9.53 Å². The van der Waals surface area contributed by atoms with Crippen molar-refractivity contribution in [2.75, 3.05) is 13.7 Å². The molecule has 0 aliphatic rings. The largest absolute Gasteiger partial charge is 0.496 e. The zero-order valence-electron chi connectivity index (χ0n) is 11.3. The first-order valence-corrected chi connectivity index (χ1v) is 7.34. The number of rotatable bonds is 5. The number of benzene rings is 1. The molecule has 20 heavy (non-hydrogen) atoms. The fraction of sp³-hybridized carbons (Fsp3) is 0.286. The van der Waals surface area contributed by atoms with Crippen LogP contribution in [-0.2, 0) is 6.42 Å². The molecule has 0 saturated carbocycles. The number of aromatic nitrogens is 1. The minimum Gasteiger partial charge on any atom is -0.496 e. The lowest BCUT2D eigenvalue weighted by atomic mass is 10.1. The maximum Gasteiger partial charge on any atom is 0.271 e. The molecule has 0 aliphatic carbocycles. The van der Waals surface area contributed by atoms with Crippen LogP contribution in [0.4, 0.5) is 0 Å². The molecular weight excluding hydrogens is 296 g/mol. The van der Waals surface area contributed by atoms with Gasteiger partial charge in [-0.3, -0.25) is 4.79 Å². The highest BCUT2D eigenvalue weighted by Crippen LogP contribution is 2.21. The molecule has 0 bridgehead atoms. The summed E-state index contributed by atoms with van der Waals surface area (Å²) in [5.41, 5.74) is 1.46. The van der Waals surface area contributed by atoms with E-state index in [-0.39, 0.29) is 5.91 Å². The number of hydrogen-bond acceptors (Lipinski definition) is 4. The van der Waals surface area contributed by atoms with Crippen LogP contribution in [0.1, 0.15) is 20.9 Å². The van der Waals surface area contributed by atoms with Crippen molar-refractivity contribution in [1.29, 1.82) is 0 Å². The van der Waals surface area contributed by atoms with Crippen molar-refractivity contribution in [3.05, 3.63) is 44.9 Å². The molecule has 0 spiro atoms. The monoisotopic (exact) mass is 310 g/mol. The van der Waals surface area contributed by atoms with Gasteiger partial charge < -0.3 is 10.1 Å². The molecule has 106 valence electrons. The van der Waals surface area contributed by atoms with Crippen LogP contribution in [-0.4, -0.2) is 24.5 Å². The van der Waals surface area contributed by atoms with Crippen molar-refractivity contribution in [3.63, 3.8) is 0 Å². The zero-order valence-corrected chi connectivity index (χ0v) is 12.8. The Hall–Kier alpha value is -1.59. The van der Waals surface area contributed by atoms with Gasteiger partial charge in [0.2, 0.25) is 0 Å². The Morgan fingerprint density at radius 3 is 2.85 bits per heavy atom. The molecule has 1 N–H and O–H groups in total. The van der Waals surface area contributed by atoms with Gasteiger partial charge in [-0.15, -0.1) is 11.3 Å². The van der Waals surface area contributed by atoms with Gasteiger partial charge in [-0.1, -0.05) is 29.8 Å². The quantitative estimate of drug-likeness (QED) is 0.923. The summed E-state index contributed by atoms with van der Waals surface area (Å²) < 4.78 is 5.66. The number of carbonyl (C=O) groups excluding carboxylic acids is 1. The molecular formula is C14H15ClN2O2S. The maximum atomic E-state index is 12.0. The van der Waals surface area contributed by atoms with E-state index in [9.17, 15) is 4.79 Å². The number of halogens is 1. The van der Waals surface area contributed by atoms with Gasteiger partial charge in [0.25, 0.3) is 5.91 Å². The third-order valence-electron chi connectivity index (χ3n) is 2.86. The second-order valence-corrected chi connectivity index (χ2v) is 5.97. The first-order valence-electron chi connectivity index (χ1n) is 6.15. The van der Waals surface area contributed by atoms with Crippen molar-refractivity contribution in [1.82, 2.24) is 10.3 Å². The Bertz CT molecular complexity index is 613. The lowest BCUT2D eigenvalue weighted by Crippen LogP contribution is -2.26. The summed E-state index contributed by atoms with van der Waals surface area (Å²) in [6, 6.07) is 7.75. The van der Waals surface area contributed by atoms with Crippen LogP contribution in [0.15, 0.2) is 24.3 Å². The summed E-state index contributed by atoms with van der Waals surface area (Å²) in [5.74, 6) is 0.634. The zero-order chi connectivity index (χ0) is 14.5. The lowest BCUT2D eigenvalue weighted by Gasteiger charge is -2.08. The van der Waals surface area contributed by atoms with Crippen LogP contribution in [0.2, 0.25) is 4.47 Å². The Labute approximate surface area is 126 Å². The maximum absolute atomic E-state index is 12.0. The molecule has 0 aliphatic heterocycles. The Morgan fingerprint density at radius 1 is 1.45 bits per heavy atom. The SMILES string of the molecule is COc1ccccc1CCNC(=O)c1nc(Cl)sc1C. The van der Waals surface area contributed by atoms with Crippen molar-refractivity contribution in [2.24, 2.45) is 0 Å². The van der Waals surface area contributed by atoms with Crippen LogP contribution in [0, 0.1) is 6.92 Å². The van der Waals surface area contributed by atoms with E-state index < -0.39 is 0 Å². The number of amides is 1. The Balaban J connectivity index is 1.93. The molecule has 6 heteroatoms. The molecule has 2 aromatic rings. The van der Waals surface area contributed by atoms with E-state index in [0.717, 1.165) is 16.2 Å². The smallest absolute Gasteiger partial charge is 0.271 e. The molecule has 0 radical (unpaired) electrons. The van der Waals surface area contributed by atoms with Gasteiger partial charge in [-0.2, -0.15) is 0 Å². The Kier molecular flexibility index (Phi) is 4.98.